The minimum Gasteiger partial charge on any atom is -0.489 e. The maximum Gasteiger partial charge on any atom is 0.319 e. The lowest BCUT2D eigenvalue weighted by Crippen LogP contribution is -2.37. The van der Waals surface area contributed by atoms with Gasteiger partial charge < -0.3 is 15.4 Å². The molecule has 1 unspecified atom stereocenters. The van der Waals surface area contributed by atoms with Gasteiger partial charge in [-0.1, -0.05) is 12.1 Å². The molecule has 2 N–H and O–H groups in total. The third-order valence-corrected chi connectivity index (χ3v) is 3.19. The maximum atomic E-state index is 11.9. The SMILES string of the molecule is CC(C)Oc1ccccc1NC(=O)NC(C)C1CC1. The fraction of sp³-hybridized carbons (Fsp3) is 0.533. The number of hydrogen-bond acceptors (Lipinski definition) is 2. The van der Waals surface area contributed by atoms with Crippen LogP contribution in [0.4, 0.5) is 10.5 Å². The van der Waals surface area contributed by atoms with Gasteiger partial charge in [0.2, 0.25) is 0 Å². The van der Waals surface area contributed by atoms with Crippen molar-refractivity contribution in [3.05, 3.63) is 24.3 Å². The van der Waals surface area contributed by atoms with E-state index in [1.54, 1.807) is 0 Å². The van der Waals surface area contributed by atoms with Crippen LogP contribution in [0.3, 0.4) is 0 Å². The van der Waals surface area contributed by atoms with Crippen molar-refractivity contribution in [2.75, 3.05) is 5.32 Å². The second-order valence-electron chi connectivity index (χ2n) is 5.39. The molecule has 2 amide bonds. The summed E-state index contributed by atoms with van der Waals surface area (Å²) in [6.07, 6.45) is 2.51. The largest absolute Gasteiger partial charge is 0.489 e. The first kappa shape index (κ1) is 13.7. The van der Waals surface area contributed by atoms with Crippen LogP contribution in [-0.4, -0.2) is 18.2 Å². The van der Waals surface area contributed by atoms with Crippen LogP contribution in [0.25, 0.3) is 0 Å². The number of urea groups is 1. The Kier molecular flexibility index (Phi) is 4.30. The van der Waals surface area contributed by atoms with Crippen molar-refractivity contribution in [1.82, 2.24) is 5.32 Å². The number of benzene rings is 1. The summed E-state index contributed by atoms with van der Waals surface area (Å²) in [7, 11) is 0. The van der Waals surface area contributed by atoms with Gasteiger partial charge >= 0.3 is 6.03 Å². The molecule has 1 aromatic rings. The van der Waals surface area contributed by atoms with Crippen LogP contribution in [0, 0.1) is 5.92 Å². The number of ether oxygens (including phenoxy) is 1. The maximum absolute atomic E-state index is 11.9. The predicted molar refractivity (Wildman–Crippen MR) is 76.5 cm³/mol. The summed E-state index contributed by atoms with van der Waals surface area (Å²) in [6, 6.07) is 7.55. The number of para-hydroxylation sites is 2. The van der Waals surface area contributed by atoms with E-state index in [1.165, 1.54) is 12.8 Å². The van der Waals surface area contributed by atoms with E-state index in [9.17, 15) is 4.79 Å². The molecular weight excluding hydrogens is 240 g/mol. The molecule has 0 bridgehead atoms. The van der Waals surface area contributed by atoms with Crippen LogP contribution in [0.2, 0.25) is 0 Å². The molecule has 2 rings (SSSR count). The molecule has 104 valence electrons. The van der Waals surface area contributed by atoms with Crippen molar-refractivity contribution in [2.24, 2.45) is 5.92 Å². The Hall–Kier alpha value is -1.71. The third-order valence-electron chi connectivity index (χ3n) is 3.19. The first-order chi connectivity index (χ1) is 9.06. The van der Waals surface area contributed by atoms with Gasteiger partial charge in [-0.05, 0) is 51.7 Å². The van der Waals surface area contributed by atoms with Crippen molar-refractivity contribution in [3.63, 3.8) is 0 Å². The average Bonchev–Trinajstić information content (AvgIpc) is 3.14. The van der Waals surface area contributed by atoms with E-state index in [0.717, 1.165) is 0 Å². The molecule has 4 nitrogen and oxygen atoms in total. The van der Waals surface area contributed by atoms with Crippen molar-refractivity contribution < 1.29 is 9.53 Å². The first-order valence-electron chi connectivity index (χ1n) is 6.89. The number of anilines is 1. The predicted octanol–water partition coefficient (Wildman–Crippen LogP) is 3.39. The molecule has 1 fully saturated rings. The average molecular weight is 262 g/mol. The highest BCUT2D eigenvalue weighted by atomic mass is 16.5. The molecule has 1 aliphatic carbocycles. The van der Waals surface area contributed by atoms with Crippen molar-refractivity contribution >= 4 is 11.7 Å². The third kappa shape index (κ3) is 4.16. The topological polar surface area (TPSA) is 50.4 Å². The second-order valence-corrected chi connectivity index (χ2v) is 5.39. The molecule has 19 heavy (non-hydrogen) atoms. The smallest absolute Gasteiger partial charge is 0.319 e. The van der Waals surface area contributed by atoms with Crippen molar-refractivity contribution in [1.29, 1.82) is 0 Å². The van der Waals surface area contributed by atoms with Gasteiger partial charge in [0.1, 0.15) is 5.75 Å². The lowest BCUT2D eigenvalue weighted by molar-refractivity contribution is 0.240. The van der Waals surface area contributed by atoms with Gasteiger partial charge in [-0.3, -0.25) is 0 Å². The summed E-state index contributed by atoms with van der Waals surface area (Å²) in [5, 5.41) is 5.82. The van der Waals surface area contributed by atoms with Gasteiger partial charge in [-0.15, -0.1) is 0 Å². The fourth-order valence-electron chi connectivity index (χ4n) is 2.01. The molecule has 1 atom stereocenters. The Morgan fingerprint density at radius 1 is 1.26 bits per heavy atom. The minimum atomic E-state index is -0.167. The van der Waals surface area contributed by atoms with Gasteiger partial charge in [0.25, 0.3) is 0 Å². The molecule has 0 aliphatic heterocycles. The zero-order chi connectivity index (χ0) is 13.8. The van der Waals surface area contributed by atoms with Gasteiger partial charge in [-0.2, -0.15) is 0 Å². The van der Waals surface area contributed by atoms with Crippen LogP contribution in [0.1, 0.15) is 33.6 Å². The van der Waals surface area contributed by atoms with Crippen LogP contribution in [0.15, 0.2) is 24.3 Å². The summed E-state index contributed by atoms with van der Waals surface area (Å²) >= 11 is 0. The van der Waals surface area contributed by atoms with Crippen LogP contribution >= 0.6 is 0 Å². The van der Waals surface area contributed by atoms with E-state index in [4.69, 9.17) is 4.74 Å². The molecule has 1 aromatic carbocycles. The number of carbonyl (C=O) groups is 1. The lowest BCUT2D eigenvalue weighted by Gasteiger charge is -2.17. The van der Waals surface area contributed by atoms with Crippen molar-refractivity contribution in [2.45, 2.75) is 45.8 Å². The highest BCUT2D eigenvalue weighted by molar-refractivity contribution is 5.91. The number of rotatable bonds is 5. The highest BCUT2D eigenvalue weighted by Crippen LogP contribution is 2.32. The monoisotopic (exact) mass is 262 g/mol. The standard InChI is InChI=1S/C15H22N2O2/c1-10(2)19-14-7-5-4-6-13(14)17-15(18)16-11(3)12-8-9-12/h4-7,10-12H,8-9H2,1-3H3,(H2,16,17,18). The normalized spacial score (nSPS) is 16.0. The number of hydrogen-bond donors (Lipinski definition) is 2. The van der Waals surface area contributed by atoms with Gasteiger partial charge in [0, 0.05) is 6.04 Å². The van der Waals surface area contributed by atoms with Crippen molar-refractivity contribution in [3.8, 4) is 5.75 Å². The zero-order valence-corrected chi connectivity index (χ0v) is 11.8. The molecule has 0 radical (unpaired) electrons. The summed E-state index contributed by atoms with van der Waals surface area (Å²) in [6.45, 7) is 5.98. The minimum absolute atomic E-state index is 0.0800. The molecule has 1 saturated carbocycles. The highest BCUT2D eigenvalue weighted by Gasteiger charge is 2.28. The van der Waals surface area contributed by atoms with E-state index in [-0.39, 0.29) is 18.2 Å². The molecular formula is C15H22N2O2. The Bertz CT molecular complexity index is 442. The molecule has 0 aromatic heterocycles. The Balaban J connectivity index is 1.95. The molecule has 0 spiro atoms. The number of amides is 2. The molecule has 4 heteroatoms. The first-order valence-corrected chi connectivity index (χ1v) is 6.89. The van der Waals surface area contributed by atoms with Crippen LogP contribution in [0.5, 0.6) is 5.75 Å². The summed E-state index contributed by atoms with van der Waals surface area (Å²) in [5.41, 5.74) is 0.705. The lowest BCUT2D eigenvalue weighted by atomic mass is 10.2. The Morgan fingerprint density at radius 3 is 2.58 bits per heavy atom. The van der Waals surface area contributed by atoms with Gasteiger partial charge in [0.05, 0.1) is 11.8 Å². The van der Waals surface area contributed by atoms with Crippen LogP contribution < -0.4 is 15.4 Å². The van der Waals surface area contributed by atoms with E-state index in [0.29, 0.717) is 17.4 Å². The molecule has 0 saturated heterocycles. The number of nitrogens with one attached hydrogen (secondary N) is 2. The number of carbonyl (C=O) groups excluding carboxylic acids is 1. The van der Waals surface area contributed by atoms with E-state index < -0.39 is 0 Å². The van der Waals surface area contributed by atoms with E-state index in [1.807, 2.05) is 45.0 Å². The summed E-state index contributed by atoms with van der Waals surface area (Å²) < 4.78 is 5.67. The fourth-order valence-corrected chi connectivity index (χ4v) is 2.01. The Labute approximate surface area is 114 Å². The summed E-state index contributed by atoms with van der Waals surface area (Å²) in [5.74, 6) is 1.35. The molecule has 1 aliphatic rings. The van der Waals surface area contributed by atoms with Gasteiger partial charge in [0.15, 0.2) is 0 Å². The summed E-state index contributed by atoms with van der Waals surface area (Å²) in [4.78, 5) is 11.9. The van der Waals surface area contributed by atoms with E-state index >= 15 is 0 Å². The second kappa shape index (κ2) is 5.95. The Morgan fingerprint density at radius 2 is 1.95 bits per heavy atom. The van der Waals surface area contributed by atoms with E-state index in [2.05, 4.69) is 10.6 Å². The zero-order valence-electron chi connectivity index (χ0n) is 11.8. The molecule has 0 heterocycles. The quantitative estimate of drug-likeness (QED) is 0.854. The van der Waals surface area contributed by atoms with Gasteiger partial charge in [-0.25, -0.2) is 4.79 Å². The van der Waals surface area contributed by atoms with Crippen LogP contribution in [-0.2, 0) is 0 Å².